The van der Waals surface area contributed by atoms with Gasteiger partial charge in [0.15, 0.2) is 0 Å². The average Bonchev–Trinajstić information content (AvgIpc) is 2.40. The lowest BCUT2D eigenvalue weighted by Crippen LogP contribution is -2.29. The van der Waals surface area contributed by atoms with Gasteiger partial charge in [-0.15, -0.1) is 0 Å². The van der Waals surface area contributed by atoms with E-state index >= 15 is 0 Å². The van der Waals surface area contributed by atoms with E-state index in [9.17, 15) is 13.2 Å². The third kappa shape index (κ3) is 7.83. The summed E-state index contributed by atoms with van der Waals surface area (Å²) in [5, 5.41) is 3.38. The number of halogens is 4. The lowest BCUT2D eigenvalue weighted by Gasteiger charge is -2.23. The van der Waals surface area contributed by atoms with E-state index in [1.165, 1.54) is 0 Å². The van der Waals surface area contributed by atoms with Crippen LogP contribution < -0.4 is 5.32 Å². The Kier molecular flexibility index (Phi) is 7.70. The number of nitrogens with one attached hydrogen (secondary N) is 1. The Morgan fingerprint density at radius 3 is 2.57 bits per heavy atom. The van der Waals surface area contributed by atoms with Gasteiger partial charge in [0.1, 0.15) is 0 Å². The zero-order valence-electron chi connectivity index (χ0n) is 12.4. The Morgan fingerprint density at radius 2 is 2.00 bits per heavy atom. The van der Waals surface area contributed by atoms with E-state index in [0.29, 0.717) is 6.54 Å². The Bertz CT molecular complexity index is 424. The molecule has 2 nitrogen and oxygen atoms in total. The largest absolute Gasteiger partial charge is 0.390 e. The van der Waals surface area contributed by atoms with Crippen molar-refractivity contribution in [3.05, 3.63) is 34.3 Å². The maximum atomic E-state index is 12.2. The third-order valence-corrected chi connectivity index (χ3v) is 3.77. The van der Waals surface area contributed by atoms with E-state index in [1.54, 1.807) is 11.9 Å². The fourth-order valence-corrected chi connectivity index (χ4v) is 2.55. The molecule has 1 aromatic rings. The van der Waals surface area contributed by atoms with Gasteiger partial charge in [-0.25, -0.2) is 0 Å². The van der Waals surface area contributed by atoms with Crippen molar-refractivity contribution in [3.8, 4) is 0 Å². The highest BCUT2D eigenvalue weighted by molar-refractivity contribution is 9.10. The molecular weight excluding hydrogens is 345 g/mol. The minimum Gasteiger partial charge on any atom is -0.310 e. The van der Waals surface area contributed by atoms with Gasteiger partial charge in [0.05, 0.1) is 6.42 Å². The Labute approximate surface area is 132 Å². The van der Waals surface area contributed by atoms with Crippen LogP contribution in [-0.4, -0.2) is 37.8 Å². The fraction of sp³-hybridized carbons (Fsp3) is 0.600. The monoisotopic (exact) mass is 366 g/mol. The molecule has 0 radical (unpaired) electrons. The van der Waals surface area contributed by atoms with Crippen LogP contribution in [0.3, 0.4) is 0 Å². The van der Waals surface area contributed by atoms with Crippen molar-refractivity contribution in [3.63, 3.8) is 0 Å². The molecule has 0 aromatic heterocycles. The minimum atomic E-state index is -4.08. The minimum absolute atomic E-state index is 0.0425. The molecule has 0 spiro atoms. The predicted octanol–water partition coefficient (Wildman–Crippen LogP) is 4.37. The number of rotatable bonds is 8. The lowest BCUT2D eigenvalue weighted by atomic mass is 10.0. The molecule has 0 aliphatic heterocycles. The van der Waals surface area contributed by atoms with Gasteiger partial charge in [0.25, 0.3) is 0 Å². The summed E-state index contributed by atoms with van der Waals surface area (Å²) in [6.07, 6.45) is -4.06. The molecular formula is C15H22BrF3N2. The molecule has 1 unspecified atom stereocenters. The van der Waals surface area contributed by atoms with Crippen LogP contribution in [0, 0.1) is 0 Å². The number of hydrogen-bond donors (Lipinski definition) is 1. The zero-order chi connectivity index (χ0) is 15.9. The van der Waals surface area contributed by atoms with E-state index < -0.39 is 12.6 Å². The molecule has 0 aliphatic carbocycles. The number of alkyl halides is 3. The Balaban J connectivity index is 2.51. The molecule has 6 heteroatoms. The van der Waals surface area contributed by atoms with Crippen LogP contribution in [-0.2, 0) is 0 Å². The second-order valence-corrected chi connectivity index (χ2v) is 6.04. The highest BCUT2D eigenvalue weighted by Crippen LogP contribution is 2.22. The molecule has 1 atom stereocenters. The topological polar surface area (TPSA) is 15.3 Å². The van der Waals surface area contributed by atoms with Crippen molar-refractivity contribution in [1.29, 1.82) is 0 Å². The highest BCUT2D eigenvalue weighted by atomic mass is 79.9. The van der Waals surface area contributed by atoms with Gasteiger partial charge < -0.3 is 10.2 Å². The summed E-state index contributed by atoms with van der Waals surface area (Å²) in [6, 6.07) is 8.16. The first kappa shape index (κ1) is 18.5. The maximum absolute atomic E-state index is 12.2. The van der Waals surface area contributed by atoms with Crippen LogP contribution >= 0.6 is 15.9 Å². The van der Waals surface area contributed by atoms with Crippen LogP contribution in [0.5, 0.6) is 0 Å². The standard InChI is InChI=1S/C15H22BrF3N2/c1-3-20-14(12-5-4-6-13(16)11-12)7-9-21(2)10-8-15(17,18)19/h4-6,11,14,20H,3,7-10H2,1-2H3. The first-order valence-corrected chi connectivity index (χ1v) is 7.85. The fourth-order valence-electron chi connectivity index (χ4n) is 2.14. The summed E-state index contributed by atoms with van der Waals surface area (Å²) >= 11 is 3.45. The van der Waals surface area contributed by atoms with Gasteiger partial charge in [-0.05, 0) is 44.3 Å². The average molecular weight is 367 g/mol. The van der Waals surface area contributed by atoms with E-state index in [4.69, 9.17) is 0 Å². The summed E-state index contributed by atoms with van der Waals surface area (Å²) < 4.78 is 37.6. The van der Waals surface area contributed by atoms with E-state index in [-0.39, 0.29) is 12.6 Å². The molecule has 1 rings (SSSR count). The molecule has 0 amide bonds. The van der Waals surface area contributed by atoms with Crippen LogP contribution in [0.1, 0.15) is 31.4 Å². The highest BCUT2D eigenvalue weighted by Gasteiger charge is 2.27. The maximum Gasteiger partial charge on any atom is 0.390 e. The van der Waals surface area contributed by atoms with Gasteiger partial charge in [-0.1, -0.05) is 35.0 Å². The molecule has 0 fully saturated rings. The van der Waals surface area contributed by atoms with Crippen molar-refractivity contribution in [2.24, 2.45) is 0 Å². The van der Waals surface area contributed by atoms with Crippen LogP contribution in [0.2, 0.25) is 0 Å². The van der Waals surface area contributed by atoms with E-state index in [0.717, 1.165) is 23.0 Å². The quantitative estimate of drug-likeness (QED) is 0.734. The SMILES string of the molecule is CCNC(CCN(C)CCC(F)(F)F)c1cccc(Br)c1. The second-order valence-electron chi connectivity index (χ2n) is 5.12. The first-order valence-electron chi connectivity index (χ1n) is 7.06. The predicted molar refractivity (Wildman–Crippen MR) is 83.3 cm³/mol. The third-order valence-electron chi connectivity index (χ3n) is 3.28. The smallest absolute Gasteiger partial charge is 0.310 e. The second kappa shape index (κ2) is 8.76. The molecule has 1 N–H and O–H groups in total. The van der Waals surface area contributed by atoms with Crippen molar-refractivity contribution in [2.75, 3.05) is 26.7 Å². The van der Waals surface area contributed by atoms with Gasteiger partial charge in [0, 0.05) is 17.1 Å². The summed E-state index contributed by atoms with van der Waals surface area (Å²) in [6.45, 7) is 3.52. The summed E-state index contributed by atoms with van der Waals surface area (Å²) in [4.78, 5) is 1.73. The number of hydrogen-bond acceptors (Lipinski definition) is 2. The normalized spacial score (nSPS) is 13.7. The van der Waals surface area contributed by atoms with E-state index in [2.05, 4.69) is 21.2 Å². The van der Waals surface area contributed by atoms with Crippen LogP contribution in [0.25, 0.3) is 0 Å². The molecule has 0 aliphatic rings. The summed E-state index contributed by atoms with van der Waals surface area (Å²) in [5.41, 5.74) is 1.15. The van der Waals surface area contributed by atoms with Crippen molar-refractivity contribution in [1.82, 2.24) is 10.2 Å². The van der Waals surface area contributed by atoms with Gasteiger partial charge in [-0.3, -0.25) is 0 Å². The molecule has 0 saturated heterocycles. The van der Waals surface area contributed by atoms with Crippen molar-refractivity contribution in [2.45, 2.75) is 32.0 Å². The molecule has 120 valence electrons. The van der Waals surface area contributed by atoms with E-state index in [1.807, 2.05) is 31.2 Å². The molecule has 0 saturated carbocycles. The summed E-state index contributed by atoms with van der Waals surface area (Å²) in [7, 11) is 1.73. The van der Waals surface area contributed by atoms with Crippen molar-refractivity contribution < 1.29 is 13.2 Å². The van der Waals surface area contributed by atoms with Gasteiger partial charge in [0.2, 0.25) is 0 Å². The molecule has 1 aromatic carbocycles. The Morgan fingerprint density at radius 1 is 1.29 bits per heavy atom. The number of nitrogens with zero attached hydrogens (tertiary/aromatic N) is 1. The van der Waals surface area contributed by atoms with Crippen LogP contribution in [0.4, 0.5) is 13.2 Å². The van der Waals surface area contributed by atoms with Crippen LogP contribution in [0.15, 0.2) is 28.7 Å². The number of benzene rings is 1. The molecule has 21 heavy (non-hydrogen) atoms. The zero-order valence-corrected chi connectivity index (χ0v) is 14.0. The Hall–Kier alpha value is -0.590. The molecule has 0 bridgehead atoms. The first-order chi connectivity index (χ1) is 9.81. The van der Waals surface area contributed by atoms with Gasteiger partial charge >= 0.3 is 6.18 Å². The summed E-state index contributed by atoms with van der Waals surface area (Å²) in [5.74, 6) is 0. The molecule has 0 heterocycles. The van der Waals surface area contributed by atoms with Crippen molar-refractivity contribution >= 4 is 15.9 Å². The van der Waals surface area contributed by atoms with Gasteiger partial charge in [-0.2, -0.15) is 13.2 Å². The lowest BCUT2D eigenvalue weighted by molar-refractivity contribution is -0.137.